The Morgan fingerprint density at radius 2 is 1.92 bits per heavy atom. The molecule has 0 aliphatic heterocycles. The van der Waals surface area contributed by atoms with Crippen LogP contribution >= 0.6 is 0 Å². The zero-order valence-electron chi connectivity index (χ0n) is 6.73. The van der Waals surface area contributed by atoms with Crippen molar-refractivity contribution in [1.82, 2.24) is 9.97 Å². The van der Waals surface area contributed by atoms with E-state index in [9.17, 15) is 5.11 Å². The molecule has 0 fully saturated rings. The van der Waals surface area contributed by atoms with Gasteiger partial charge in [0, 0.05) is 0 Å². The number of aromatic nitrogens is 2. The zero-order valence-corrected chi connectivity index (χ0v) is 6.73. The van der Waals surface area contributed by atoms with E-state index in [1.165, 1.54) is 6.07 Å². The van der Waals surface area contributed by atoms with Gasteiger partial charge in [0.25, 0.3) is 0 Å². The quantitative estimate of drug-likeness (QED) is 0.543. The molecule has 2 rings (SSSR count). The molecular weight excluding hydrogens is 168 g/mol. The normalized spacial score (nSPS) is 10.5. The number of benzene rings is 1. The van der Waals surface area contributed by atoms with Gasteiger partial charge in [-0.2, -0.15) is 4.98 Å². The van der Waals surface area contributed by atoms with Gasteiger partial charge >= 0.3 is 0 Å². The van der Waals surface area contributed by atoms with Gasteiger partial charge in [0.1, 0.15) is 11.6 Å². The van der Waals surface area contributed by atoms with Crippen molar-refractivity contribution in [3.05, 3.63) is 18.2 Å². The number of nitrogens with two attached hydrogens (primary N) is 2. The fourth-order valence-corrected chi connectivity index (χ4v) is 1.21. The van der Waals surface area contributed by atoms with E-state index in [1.54, 1.807) is 12.1 Å². The second-order valence-corrected chi connectivity index (χ2v) is 2.64. The van der Waals surface area contributed by atoms with Crippen LogP contribution in [0, 0.1) is 0 Å². The smallest absolute Gasteiger partial charge is 0.222 e. The van der Waals surface area contributed by atoms with Gasteiger partial charge in [-0.25, -0.2) is 4.98 Å². The van der Waals surface area contributed by atoms with Crippen LogP contribution in [-0.2, 0) is 0 Å². The predicted octanol–water partition coefficient (Wildman–Crippen LogP) is 0.500. The SMILES string of the molecule is Nc1nc(N)c2c(O)cccc2n1. The Bertz CT molecular complexity index is 469. The molecule has 0 unspecified atom stereocenters. The van der Waals surface area contributed by atoms with Crippen LogP contribution < -0.4 is 11.5 Å². The van der Waals surface area contributed by atoms with Crippen molar-refractivity contribution in [2.24, 2.45) is 0 Å². The molecule has 5 N–H and O–H groups in total. The molecule has 1 aromatic heterocycles. The van der Waals surface area contributed by atoms with Crippen molar-refractivity contribution < 1.29 is 5.11 Å². The van der Waals surface area contributed by atoms with Crippen LogP contribution in [0.4, 0.5) is 11.8 Å². The topological polar surface area (TPSA) is 98.0 Å². The molecule has 1 heterocycles. The van der Waals surface area contributed by atoms with Gasteiger partial charge in [-0.05, 0) is 12.1 Å². The van der Waals surface area contributed by atoms with E-state index in [4.69, 9.17) is 11.5 Å². The lowest BCUT2D eigenvalue weighted by Gasteiger charge is -2.03. The monoisotopic (exact) mass is 176 g/mol. The van der Waals surface area contributed by atoms with Crippen LogP contribution in [0.2, 0.25) is 0 Å². The summed E-state index contributed by atoms with van der Waals surface area (Å²) < 4.78 is 0. The van der Waals surface area contributed by atoms with Gasteiger partial charge < -0.3 is 16.6 Å². The fraction of sp³-hybridized carbons (Fsp3) is 0. The molecule has 13 heavy (non-hydrogen) atoms. The minimum absolute atomic E-state index is 0.0648. The molecule has 0 atom stereocenters. The first-order valence-corrected chi connectivity index (χ1v) is 3.69. The standard InChI is InChI=1S/C8H8N4O/c9-7-6-4(11-8(10)12-7)2-1-3-5(6)13/h1-3,13H,(H4,9,10,11,12). The van der Waals surface area contributed by atoms with Crippen LogP contribution in [0.15, 0.2) is 18.2 Å². The largest absolute Gasteiger partial charge is 0.507 e. The fourth-order valence-electron chi connectivity index (χ4n) is 1.21. The third kappa shape index (κ3) is 1.10. The number of fused-ring (bicyclic) bond motifs is 1. The summed E-state index contributed by atoms with van der Waals surface area (Å²) >= 11 is 0. The molecule has 0 amide bonds. The highest BCUT2D eigenvalue weighted by Gasteiger charge is 2.06. The lowest BCUT2D eigenvalue weighted by Crippen LogP contribution is -2.00. The number of rotatable bonds is 0. The van der Waals surface area contributed by atoms with Crippen LogP contribution in [0.5, 0.6) is 5.75 Å². The summed E-state index contributed by atoms with van der Waals surface area (Å²) in [6, 6.07) is 4.91. The molecule has 1 aromatic carbocycles. The maximum Gasteiger partial charge on any atom is 0.222 e. The maximum absolute atomic E-state index is 9.44. The van der Waals surface area contributed by atoms with Gasteiger partial charge in [-0.15, -0.1) is 0 Å². The van der Waals surface area contributed by atoms with Crippen LogP contribution in [0.1, 0.15) is 0 Å². The number of nitrogen functional groups attached to an aromatic ring is 2. The highest BCUT2D eigenvalue weighted by Crippen LogP contribution is 2.27. The minimum atomic E-state index is 0.0648. The second-order valence-electron chi connectivity index (χ2n) is 2.64. The van der Waals surface area contributed by atoms with Gasteiger partial charge in [-0.1, -0.05) is 6.07 Å². The van der Waals surface area contributed by atoms with Crippen LogP contribution in [0.25, 0.3) is 10.9 Å². The number of hydrogen-bond donors (Lipinski definition) is 3. The molecule has 0 bridgehead atoms. The molecule has 0 aliphatic rings. The van der Waals surface area contributed by atoms with E-state index in [2.05, 4.69) is 9.97 Å². The van der Waals surface area contributed by atoms with Crippen molar-refractivity contribution in [2.75, 3.05) is 11.5 Å². The Morgan fingerprint density at radius 3 is 2.69 bits per heavy atom. The summed E-state index contributed by atoms with van der Waals surface area (Å²) in [5, 5.41) is 9.88. The van der Waals surface area contributed by atoms with E-state index in [0.29, 0.717) is 10.9 Å². The number of aromatic hydroxyl groups is 1. The average molecular weight is 176 g/mol. The number of phenols is 1. The van der Waals surface area contributed by atoms with Crippen molar-refractivity contribution in [2.45, 2.75) is 0 Å². The van der Waals surface area contributed by atoms with Crippen molar-refractivity contribution in [3.8, 4) is 5.75 Å². The Hall–Kier alpha value is -2.04. The molecule has 66 valence electrons. The molecule has 0 radical (unpaired) electrons. The highest BCUT2D eigenvalue weighted by atomic mass is 16.3. The first-order chi connectivity index (χ1) is 6.18. The third-order valence-corrected chi connectivity index (χ3v) is 1.75. The summed E-state index contributed by atoms with van der Waals surface area (Å²) in [7, 11) is 0. The van der Waals surface area contributed by atoms with Gasteiger partial charge in [0.05, 0.1) is 10.9 Å². The van der Waals surface area contributed by atoms with Gasteiger partial charge in [-0.3, -0.25) is 0 Å². The van der Waals surface area contributed by atoms with Crippen LogP contribution in [0.3, 0.4) is 0 Å². The molecular formula is C8H8N4O. The first kappa shape index (κ1) is 7.60. The second kappa shape index (κ2) is 2.48. The predicted molar refractivity (Wildman–Crippen MR) is 50.0 cm³/mol. The Morgan fingerprint density at radius 1 is 1.15 bits per heavy atom. The Labute approximate surface area is 74.0 Å². The highest BCUT2D eigenvalue weighted by molar-refractivity contribution is 5.93. The lowest BCUT2D eigenvalue weighted by atomic mass is 10.2. The van der Waals surface area contributed by atoms with Crippen molar-refractivity contribution in [3.63, 3.8) is 0 Å². The van der Waals surface area contributed by atoms with E-state index >= 15 is 0 Å². The summed E-state index contributed by atoms with van der Waals surface area (Å²) in [6.45, 7) is 0. The maximum atomic E-state index is 9.44. The minimum Gasteiger partial charge on any atom is -0.507 e. The number of hydrogen-bond acceptors (Lipinski definition) is 5. The summed E-state index contributed by atoms with van der Waals surface area (Å²) in [4.78, 5) is 7.67. The van der Waals surface area contributed by atoms with Crippen molar-refractivity contribution >= 4 is 22.7 Å². The summed E-state index contributed by atoms with van der Waals surface area (Å²) in [5.41, 5.74) is 11.5. The van der Waals surface area contributed by atoms with E-state index in [-0.39, 0.29) is 17.5 Å². The van der Waals surface area contributed by atoms with Gasteiger partial charge in [0.2, 0.25) is 5.95 Å². The molecule has 0 saturated heterocycles. The van der Waals surface area contributed by atoms with Crippen LogP contribution in [-0.4, -0.2) is 15.1 Å². The number of nitrogens with zero attached hydrogens (tertiary/aromatic N) is 2. The number of phenolic OH excluding ortho intramolecular Hbond substituents is 1. The molecule has 0 saturated carbocycles. The molecule has 0 spiro atoms. The average Bonchev–Trinajstić information content (AvgIpc) is 2.02. The Kier molecular flexibility index (Phi) is 1.45. The number of anilines is 2. The zero-order chi connectivity index (χ0) is 9.42. The summed E-state index contributed by atoms with van der Waals surface area (Å²) in [5.74, 6) is 0.367. The lowest BCUT2D eigenvalue weighted by molar-refractivity contribution is 0.481. The van der Waals surface area contributed by atoms with Crippen molar-refractivity contribution in [1.29, 1.82) is 0 Å². The van der Waals surface area contributed by atoms with Gasteiger partial charge in [0.15, 0.2) is 0 Å². The third-order valence-electron chi connectivity index (χ3n) is 1.75. The molecule has 0 aliphatic carbocycles. The summed E-state index contributed by atoms with van der Waals surface area (Å²) in [6.07, 6.45) is 0. The Balaban J connectivity index is 2.94. The van der Waals surface area contributed by atoms with E-state index in [0.717, 1.165) is 0 Å². The molecule has 5 nitrogen and oxygen atoms in total. The van der Waals surface area contributed by atoms with E-state index < -0.39 is 0 Å². The van der Waals surface area contributed by atoms with E-state index in [1.807, 2.05) is 0 Å². The molecule has 5 heteroatoms. The first-order valence-electron chi connectivity index (χ1n) is 3.69. The molecule has 2 aromatic rings.